The van der Waals surface area contributed by atoms with Gasteiger partial charge in [0.25, 0.3) is 0 Å². The van der Waals surface area contributed by atoms with Gasteiger partial charge in [0.1, 0.15) is 12.4 Å². The van der Waals surface area contributed by atoms with Crippen LogP contribution in [-0.4, -0.2) is 16.3 Å². The van der Waals surface area contributed by atoms with Crippen LogP contribution in [0.15, 0.2) is 12.4 Å². The van der Waals surface area contributed by atoms with Gasteiger partial charge in [-0.1, -0.05) is 194 Å². The van der Waals surface area contributed by atoms with E-state index in [-0.39, 0.29) is 17.9 Å². The van der Waals surface area contributed by atoms with Gasteiger partial charge in [-0.2, -0.15) is 0 Å². The van der Waals surface area contributed by atoms with Crippen LogP contribution in [0.25, 0.3) is 0 Å². The molecule has 1 atom stereocenters. The lowest BCUT2D eigenvalue weighted by Crippen LogP contribution is -2.38. The predicted molar refractivity (Wildman–Crippen MR) is 202 cm³/mol. The Morgan fingerprint density at radius 1 is 0.553 bits per heavy atom. The van der Waals surface area contributed by atoms with Crippen LogP contribution < -0.4 is 9.88 Å². The van der Waals surface area contributed by atoms with Gasteiger partial charge in [-0.15, -0.1) is 0 Å². The summed E-state index contributed by atoms with van der Waals surface area (Å²) in [5.74, 6) is 0.954. The molecule has 0 fully saturated rings. The number of imidazole rings is 1. The van der Waals surface area contributed by atoms with Crippen molar-refractivity contribution >= 4 is 11.7 Å². The van der Waals surface area contributed by atoms with E-state index in [1.165, 1.54) is 167 Å². The van der Waals surface area contributed by atoms with Gasteiger partial charge in [-0.05, 0) is 19.8 Å². The van der Waals surface area contributed by atoms with Gasteiger partial charge in [0.05, 0.1) is 7.05 Å². The first-order chi connectivity index (χ1) is 23.0. The van der Waals surface area contributed by atoms with E-state index in [0.29, 0.717) is 18.7 Å². The Hall–Kier alpha value is -1.65. The maximum atomic E-state index is 13.1. The molecule has 274 valence electrons. The summed E-state index contributed by atoms with van der Waals surface area (Å²) in [6.07, 6.45) is 44.6. The fourth-order valence-corrected chi connectivity index (χ4v) is 6.95. The number of unbranched alkanes of at least 4 members (excludes halogenated alkanes) is 28. The average molecular weight is 659 g/mol. The number of rotatable bonds is 35. The molecule has 1 unspecified atom stereocenters. The Morgan fingerprint density at radius 3 is 1.23 bits per heavy atom. The van der Waals surface area contributed by atoms with Crippen molar-refractivity contribution < 1.29 is 14.2 Å². The van der Waals surface area contributed by atoms with Crippen molar-refractivity contribution in [1.82, 2.24) is 9.88 Å². The van der Waals surface area contributed by atoms with Gasteiger partial charge in [0, 0.05) is 12.8 Å². The Labute approximate surface area is 292 Å². The smallest absolute Gasteiger partial charge is 0.318 e. The second-order valence-corrected chi connectivity index (χ2v) is 14.7. The minimum atomic E-state index is -0.222. The molecule has 0 aliphatic heterocycles. The zero-order valence-electron chi connectivity index (χ0n) is 32.1. The summed E-state index contributed by atoms with van der Waals surface area (Å²) in [4.78, 5) is 25.8. The number of aryl methyl sites for hydroxylation is 1. The van der Waals surface area contributed by atoms with E-state index in [1.54, 1.807) is 0 Å². The summed E-state index contributed by atoms with van der Waals surface area (Å²) in [5, 5.41) is 3.13. The second kappa shape index (κ2) is 31.6. The summed E-state index contributed by atoms with van der Waals surface area (Å²) >= 11 is 0. The molecule has 0 aliphatic rings. The quantitative estimate of drug-likeness (QED) is 0.0448. The Kier molecular flexibility index (Phi) is 29.2. The molecule has 5 heteroatoms. The molecular formula is C42H80N3O2+. The Balaban J connectivity index is 2.08. The van der Waals surface area contributed by atoms with Crippen LogP contribution >= 0.6 is 0 Å². The number of Topliss-reactive ketones (excluding diaryl/α,β-unsaturated/α-hetero) is 1. The van der Waals surface area contributed by atoms with Gasteiger partial charge >= 0.3 is 5.82 Å². The summed E-state index contributed by atoms with van der Waals surface area (Å²) in [5.41, 5.74) is 0. The summed E-state index contributed by atoms with van der Waals surface area (Å²) < 4.78 is 3.85. The molecule has 1 heterocycles. The van der Waals surface area contributed by atoms with Gasteiger partial charge in [-0.25, -0.2) is 9.13 Å². The molecule has 0 aromatic carbocycles. The van der Waals surface area contributed by atoms with Crippen molar-refractivity contribution in [2.75, 3.05) is 0 Å². The number of carbonyl (C=O) groups excluding carboxylic acids is 2. The SMILES string of the molecule is CCCCCCCCCCCCCCCCCC(=O)NC(C)n1cc[n+](C)c1C(=O)CCCCCCCCCCCCCCCCC. The molecule has 5 nitrogen and oxygen atoms in total. The fourth-order valence-electron chi connectivity index (χ4n) is 6.95. The molecule has 1 amide bonds. The fraction of sp³-hybridized carbons (Fsp3) is 0.881. The topological polar surface area (TPSA) is 55.0 Å². The number of carbonyl (C=O) groups is 2. The lowest BCUT2D eigenvalue weighted by molar-refractivity contribution is -0.673. The Bertz CT molecular complexity index is 864. The van der Waals surface area contributed by atoms with Crippen molar-refractivity contribution in [2.24, 2.45) is 7.05 Å². The molecule has 0 aliphatic carbocycles. The van der Waals surface area contributed by atoms with E-state index in [4.69, 9.17) is 0 Å². The van der Waals surface area contributed by atoms with Crippen LogP contribution in [0.3, 0.4) is 0 Å². The molecule has 0 saturated heterocycles. The number of nitrogens with zero attached hydrogens (tertiary/aromatic N) is 2. The number of aromatic nitrogens is 2. The van der Waals surface area contributed by atoms with Crippen molar-refractivity contribution in [1.29, 1.82) is 0 Å². The lowest BCUT2D eigenvalue weighted by atomic mass is 10.0. The van der Waals surface area contributed by atoms with Crippen molar-refractivity contribution in [3.05, 3.63) is 18.2 Å². The van der Waals surface area contributed by atoms with Gasteiger partial charge in [0.2, 0.25) is 11.7 Å². The number of hydrogen-bond acceptors (Lipinski definition) is 2. The molecule has 0 bridgehead atoms. The second-order valence-electron chi connectivity index (χ2n) is 14.7. The molecule has 1 aromatic heterocycles. The van der Waals surface area contributed by atoms with Crippen LogP contribution in [0.4, 0.5) is 0 Å². The van der Waals surface area contributed by atoms with Crippen molar-refractivity contribution in [3.8, 4) is 0 Å². The molecule has 0 saturated carbocycles. The third-order valence-corrected chi connectivity index (χ3v) is 10.1. The standard InChI is InChI=1S/C42H79N3O2/c1-5-7-9-11-13-15-17-19-21-23-25-27-29-31-33-35-40(46)42-44(4)37-38-45(42)39(3)43-41(47)36-34-32-30-28-26-24-22-20-18-16-14-12-10-8-6-2/h37-39H,5-36H2,1-4H3/p+1. The summed E-state index contributed by atoms with van der Waals surface area (Å²) in [7, 11) is 1.93. The van der Waals surface area contributed by atoms with Crippen molar-refractivity contribution in [3.63, 3.8) is 0 Å². The monoisotopic (exact) mass is 659 g/mol. The maximum Gasteiger partial charge on any atom is 0.326 e. The maximum absolute atomic E-state index is 13.1. The summed E-state index contributed by atoms with van der Waals surface area (Å²) in [6.45, 7) is 6.55. The van der Waals surface area contributed by atoms with Gasteiger partial charge in [-0.3, -0.25) is 9.59 Å². The van der Waals surface area contributed by atoms with E-state index < -0.39 is 0 Å². The molecule has 0 radical (unpaired) electrons. The minimum Gasteiger partial charge on any atom is -0.318 e. The third kappa shape index (κ3) is 24.2. The zero-order chi connectivity index (χ0) is 34.2. The van der Waals surface area contributed by atoms with E-state index in [0.717, 1.165) is 25.7 Å². The van der Waals surface area contributed by atoms with E-state index in [2.05, 4.69) is 19.2 Å². The first kappa shape index (κ1) is 43.4. The number of ketones is 1. The Morgan fingerprint density at radius 2 is 0.872 bits per heavy atom. The minimum absolute atomic E-state index is 0.0874. The molecule has 1 N–H and O–H groups in total. The number of hydrogen-bond donors (Lipinski definition) is 1. The third-order valence-electron chi connectivity index (χ3n) is 10.1. The normalized spacial score (nSPS) is 12.1. The largest absolute Gasteiger partial charge is 0.326 e. The average Bonchev–Trinajstić information content (AvgIpc) is 3.46. The highest BCUT2D eigenvalue weighted by Crippen LogP contribution is 2.16. The number of amides is 1. The predicted octanol–water partition coefficient (Wildman–Crippen LogP) is 12.7. The van der Waals surface area contributed by atoms with E-state index in [1.807, 2.05) is 35.5 Å². The van der Waals surface area contributed by atoms with Crippen molar-refractivity contribution in [2.45, 2.75) is 232 Å². The van der Waals surface area contributed by atoms with Crippen LogP contribution in [-0.2, 0) is 11.8 Å². The molecule has 1 rings (SSSR count). The van der Waals surface area contributed by atoms with E-state index >= 15 is 0 Å². The van der Waals surface area contributed by atoms with Crippen LogP contribution in [0.5, 0.6) is 0 Å². The lowest BCUT2D eigenvalue weighted by Gasteiger charge is -2.13. The highest BCUT2D eigenvalue weighted by molar-refractivity contribution is 5.91. The highest BCUT2D eigenvalue weighted by Gasteiger charge is 2.26. The number of nitrogens with one attached hydrogen (secondary N) is 1. The van der Waals surface area contributed by atoms with E-state index in [9.17, 15) is 9.59 Å². The first-order valence-corrected chi connectivity index (χ1v) is 20.9. The molecule has 0 spiro atoms. The molecule has 47 heavy (non-hydrogen) atoms. The van der Waals surface area contributed by atoms with Gasteiger partial charge in [0.15, 0.2) is 6.17 Å². The first-order valence-electron chi connectivity index (χ1n) is 20.9. The van der Waals surface area contributed by atoms with Crippen LogP contribution in [0.1, 0.15) is 243 Å². The van der Waals surface area contributed by atoms with Gasteiger partial charge < -0.3 is 5.32 Å². The summed E-state index contributed by atoms with van der Waals surface area (Å²) in [6, 6.07) is 0. The molecular weight excluding hydrogens is 578 g/mol. The van der Waals surface area contributed by atoms with Crippen LogP contribution in [0.2, 0.25) is 0 Å². The molecule has 1 aromatic rings. The zero-order valence-corrected chi connectivity index (χ0v) is 32.1. The highest BCUT2D eigenvalue weighted by atomic mass is 16.2. The van der Waals surface area contributed by atoms with Crippen LogP contribution in [0, 0.1) is 0 Å².